The van der Waals surface area contributed by atoms with Crippen molar-refractivity contribution in [2.24, 2.45) is 0 Å². The number of aryl methyl sites for hydroxylation is 1. The average Bonchev–Trinajstić information content (AvgIpc) is 2.78. The molecule has 12 heteroatoms. The number of carbonyl (C=O) groups excluding carboxylic acids is 3. The molecular weight excluding hydrogens is 530 g/mol. The molecule has 1 aromatic carbocycles. The van der Waals surface area contributed by atoms with Gasteiger partial charge in [0.05, 0.1) is 0 Å². The summed E-state index contributed by atoms with van der Waals surface area (Å²) < 4.78 is 12.4. The summed E-state index contributed by atoms with van der Waals surface area (Å²) in [6.45, 7) is 0. The molecule has 2 aromatic rings. The van der Waals surface area contributed by atoms with E-state index in [0.29, 0.717) is 17.1 Å². The van der Waals surface area contributed by atoms with Gasteiger partial charge in [-0.25, -0.2) is 0 Å². The number of alkyl halides is 2. The number of amides is 2. The van der Waals surface area contributed by atoms with Crippen LogP contribution in [0.15, 0.2) is 48.9 Å². The van der Waals surface area contributed by atoms with Crippen LogP contribution < -0.4 is 10.6 Å². The van der Waals surface area contributed by atoms with Gasteiger partial charge >= 0.3 is 191 Å². The predicted octanol–water partition coefficient (Wildman–Crippen LogP) is 0.302. The van der Waals surface area contributed by atoms with Crippen molar-refractivity contribution in [3.8, 4) is 0 Å². The number of aromatic nitrogens is 2. The van der Waals surface area contributed by atoms with Gasteiger partial charge in [0.15, 0.2) is 0 Å². The molecule has 1 aromatic heterocycles. The van der Waals surface area contributed by atoms with E-state index in [0.717, 1.165) is 5.56 Å². The third kappa shape index (κ3) is 8.51. The number of nitrogens with zero attached hydrogens (tertiary/aromatic N) is 2. The van der Waals surface area contributed by atoms with Gasteiger partial charge in [0.1, 0.15) is 0 Å². The fourth-order valence-corrected chi connectivity index (χ4v) is 5.49. The number of halogens is 1. The molecule has 1 heterocycles. The fourth-order valence-electron chi connectivity index (χ4n) is 2.92. The van der Waals surface area contributed by atoms with Gasteiger partial charge in [-0.15, -0.1) is 0 Å². The molecule has 172 valence electrons. The molecule has 0 saturated carbocycles. The Morgan fingerprint density at radius 1 is 1.19 bits per heavy atom. The second-order valence-corrected chi connectivity index (χ2v) is 14.3. The Morgan fingerprint density at radius 3 is 2.50 bits per heavy atom. The van der Waals surface area contributed by atoms with Crippen molar-refractivity contribution in [1.29, 1.82) is 0 Å². The second-order valence-electron chi connectivity index (χ2n) is 7.26. The van der Waals surface area contributed by atoms with E-state index in [1.807, 2.05) is 30.3 Å². The molecule has 32 heavy (non-hydrogen) atoms. The Hall–Kier alpha value is -2.58. The Labute approximate surface area is 190 Å². The molecule has 0 fully saturated rings. The van der Waals surface area contributed by atoms with Crippen LogP contribution in [-0.4, -0.2) is 64.6 Å². The summed E-state index contributed by atoms with van der Waals surface area (Å²) in [5.41, 5.74) is 1.01. The summed E-state index contributed by atoms with van der Waals surface area (Å²) in [5, 5.41) is 24.3. The predicted molar refractivity (Wildman–Crippen MR) is 127 cm³/mol. The Bertz CT molecular complexity index is 948. The van der Waals surface area contributed by atoms with Gasteiger partial charge in [0.25, 0.3) is 0 Å². The number of rotatable bonds is 12. The molecule has 3 atom stereocenters. The average molecular weight is 556 g/mol. The zero-order valence-corrected chi connectivity index (χ0v) is 19.7. The first-order valence-electron chi connectivity index (χ1n) is 9.83. The van der Waals surface area contributed by atoms with E-state index in [-0.39, 0.29) is 16.5 Å². The first-order valence-corrected chi connectivity index (χ1v) is 15.6. The van der Waals surface area contributed by atoms with Crippen LogP contribution in [0.1, 0.15) is 28.9 Å². The molecule has 0 spiro atoms. The maximum absolute atomic E-state index is 12.8. The van der Waals surface area contributed by atoms with Crippen LogP contribution >= 0.6 is 18.4 Å². The first-order chi connectivity index (χ1) is 15.2. The normalized spacial score (nSPS) is 15.5. The molecular formula is C20H26BIN4O6. The molecule has 2 unspecified atom stereocenters. The maximum atomic E-state index is 12.8. The molecule has 0 bridgehead atoms. The summed E-state index contributed by atoms with van der Waals surface area (Å²) in [7, 11) is -1.84. The van der Waals surface area contributed by atoms with Crippen molar-refractivity contribution in [3.05, 3.63) is 60.2 Å². The monoisotopic (exact) mass is 556 g/mol. The molecule has 10 nitrogen and oxygen atoms in total. The summed E-state index contributed by atoms with van der Waals surface area (Å²) in [6.07, 6.45) is 5.37. The molecule has 0 aliphatic rings. The van der Waals surface area contributed by atoms with E-state index in [1.165, 1.54) is 23.5 Å². The van der Waals surface area contributed by atoms with E-state index in [1.54, 1.807) is 0 Å². The minimum atomic E-state index is -4.14. The SMILES string of the molecule is CI(=O)(C=O)CC(NC(=O)c1cnccn1)C(=O)N[C@@H](CCCc1ccccc1)B(O)O. The zero-order valence-electron chi connectivity index (χ0n) is 17.6. The van der Waals surface area contributed by atoms with Gasteiger partial charge in [0.2, 0.25) is 0 Å². The molecule has 0 saturated heterocycles. The molecule has 2 rings (SSSR count). The van der Waals surface area contributed by atoms with Crippen molar-refractivity contribution < 1.29 is 27.5 Å². The first kappa shape index (κ1) is 25.7. The zero-order chi connectivity index (χ0) is 23.6. The van der Waals surface area contributed by atoms with Gasteiger partial charge < -0.3 is 0 Å². The summed E-state index contributed by atoms with van der Waals surface area (Å²) in [5.74, 6) is -2.51. The topological polar surface area (TPSA) is 159 Å². The number of nitrogens with one attached hydrogen (secondary N) is 2. The van der Waals surface area contributed by atoms with Crippen LogP contribution in [0, 0.1) is 0 Å². The van der Waals surface area contributed by atoms with Crippen LogP contribution in [0.25, 0.3) is 0 Å². The fraction of sp³-hybridized carbons (Fsp3) is 0.350. The molecule has 0 aliphatic heterocycles. The van der Waals surface area contributed by atoms with Gasteiger partial charge in [-0.2, -0.15) is 0 Å². The van der Waals surface area contributed by atoms with Crippen LogP contribution in [0.2, 0.25) is 0 Å². The Morgan fingerprint density at radius 2 is 1.91 bits per heavy atom. The van der Waals surface area contributed by atoms with Crippen molar-refractivity contribution in [3.63, 3.8) is 0 Å². The van der Waals surface area contributed by atoms with Gasteiger partial charge in [-0.05, 0) is 0 Å². The minimum absolute atomic E-state index is 0.0581. The van der Waals surface area contributed by atoms with E-state index in [2.05, 4.69) is 20.6 Å². The van der Waals surface area contributed by atoms with E-state index < -0.39 is 49.3 Å². The van der Waals surface area contributed by atoms with Crippen LogP contribution in [-0.2, 0) is 19.1 Å². The van der Waals surface area contributed by atoms with Crippen LogP contribution in [0.3, 0.4) is 0 Å². The van der Waals surface area contributed by atoms with Crippen molar-refractivity contribution >= 4 is 41.6 Å². The Balaban J connectivity index is 2.06. The summed E-state index contributed by atoms with van der Waals surface area (Å²) >= 11 is -4.14. The van der Waals surface area contributed by atoms with Gasteiger partial charge in [-0.1, -0.05) is 0 Å². The van der Waals surface area contributed by atoms with Crippen molar-refractivity contribution in [2.75, 3.05) is 9.36 Å². The van der Waals surface area contributed by atoms with E-state index in [4.69, 9.17) is 0 Å². The third-order valence-corrected chi connectivity index (χ3v) is 8.28. The number of hydrogen-bond acceptors (Lipinski definition) is 8. The van der Waals surface area contributed by atoms with Crippen molar-refractivity contribution in [1.82, 2.24) is 20.6 Å². The molecule has 0 radical (unpaired) electrons. The van der Waals surface area contributed by atoms with Crippen LogP contribution in [0.5, 0.6) is 0 Å². The third-order valence-electron chi connectivity index (χ3n) is 4.58. The molecule has 0 aliphatic carbocycles. The second kappa shape index (κ2) is 12.5. The quantitative estimate of drug-likeness (QED) is 0.0956. The van der Waals surface area contributed by atoms with Crippen molar-refractivity contribution in [2.45, 2.75) is 31.2 Å². The van der Waals surface area contributed by atoms with Crippen LogP contribution in [0.4, 0.5) is 0 Å². The van der Waals surface area contributed by atoms with Gasteiger partial charge in [0, 0.05) is 0 Å². The standard InChI is InChI=1S/C20H26BIN4O6/c1-22(32,14-27)12-16(25-20(29)17-13-23-10-11-24-17)19(28)26-18(21(30)31)9-5-8-15-6-3-2-4-7-15/h2-4,6-7,10-11,13-14,16,18,30-31H,5,8-9,12H2,1H3,(H,25,29)(H,26,28)/t16?,18-/m0/s1. The molecule has 4 N–H and O–H groups in total. The number of benzene rings is 1. The Kier molecular flexibility index (Phi) is 10.00. The summed E-state index contributed by atoms with van der Waals surface area (Å²) in [4.78, 5) is 45.3. The number of carbonyl (C=O) groups is 3. The molecule has 2 amide bonds. The summed E-state index contributed by atoms with van der Waals surface area (Å²) in [6, 6.07) is 8.27. The number of hydrogen-bond donors (Lipinski definition) is 4. The van der Waals surface area contributed by atoms with Gasteiger partial charge in [-0.3, -0.25) is 0 Å². The van der Waals surface area contributed by atoms with E-state index in [9.17, 15) is 27.5 Å². The van der Waals surface area contributed by atoms with E-state index >= 15 is 0 Å².